The molecule has 14 atom stereocenters. The second kappa shape index (κ2) is 22.7. The number of fused-ring (bicyclic) bond motifs is 5. The molecule has 5 heterocycles. The van der Waals surface area contributed by atoms with Crippen LogP contribution in [0.1, 0.15) is 101 Å². The van der Waals surface area contributed by atoms with Gasteiger partial charge in [0, 0.05) is 35.4 Å². The number of aliphatic hydroxyl groups is 2. The number of amides is 2. The maximum absolute atomic E-state index is 17.0. The number of nitrogens with one attached hydrogen (secondary N) is 1. The predicted molar refractivity (Wildman–Crippen MR) is 251 cm³/mol. The highest BCUT2D eigenvalue weighted by molar-refractivity contribution is 7.13. The fourth-order valence-electron chi connectivity index (χ4n) is 9.19. The molecule has 3 aliphatic heterocycles. The molecule has 3 aliphatic rings. The van der Waals surface area contributed by atoms with Crippen molar-refractivity contribution in [3.8, 4) is 10.7 Å². The van der Waals surface area contributed by atoms with Gasteiger partial charge in [-0.25, -0.2) is 24.1 Å². The SMILES string of the molecule is CCC(=O)N=C1[C@H](C)C[C@@]2(C)OC/C(=N/OCc3csc(-c4cccc(NC(=O)[C@H](C)N)n4)n3)CO[C@@H]([C@H]1C)[C@](C)(O)[C@@H](CC)OC(=O)[C@@](C)(F)C(=O)[C@H](C)[C@H]2O[C@@H]1O[C@H](C)C[C@H](N(C)C)[C@H]1O. The fourth-order valence-corrected chi connectivity index (χ4v) is 9.97. The lowest BCUT2D eigenvalue weighted by atomic mass is 9.73. The maximum Gasteiger partial charge on any atom is 0.351 e. The summed E-state index contributed by atoms with van der Waals surface area (Å²) in [6.45, 7) is 14.7. The van der Waals surface area contributed by atoms with Crippen molar-refractivity contribution in [2.24, 2.45) is 33.6 Å². The summed E-state index contributed by atoms with van der Waals surface area (Å²) in [5, 5.41) is 33.6. The lowest BCUT2D eigenvalue weighted by molar-refractivity contribution is -0.296. The molecule has 5 N–H and O–H groups in total. The Bertz CT molecular complexity index is 2170. The normalized spacial score (nSPS) is 36.1. The molecule has 0 radical (unpaired) electrons. The lowest BCUT2D eigenvalue weighted by Crippen LogP contribution is -2.61. The van der Waals surface area contributed by atoms with Crippen molar-refractivity contribution in [1.82, 2.24) is 14.9 Å². The standard InChI is InChI=1S/C47H70FN7O12S/c1-13-33-47(10,61)40-26(5)36(53-35(56)14-2)24(3)19-45(8,39(27(6)38(58)46(9,48)44(60)66-33)67-43-37(57)32(55(11)12)18-25(4)65-43)63-21-29(20-62-40)54-64-22-30-23-68-42(50-30)31-16-15-17-34(51-31)52-41(59)28(7)49/h15-17,23-28,32-33,37,39-40,43,57,61H,13-14,18-22,49H2,1-12H3,(H,51,52,59)/b53-36?,54-29+/t24-,25-,26+,27+,28+,32+,33-,37-,39-,40+,43+,45-,46+,47-/m1/s1. The van der Waals surface area contributed by atoms with E-state index in [1.54, 1.807) is 58.2 Å². The van der Waals surface area contributed by atoms with Gasteiger partial charge in [0.25, 0.3) is 5.67 Å². The van der Waals surface area contributed by atoms with Crippen molar-refractivity contribution in [1.29, 1.82) is 0 Å². The Morgan fingerprint density at radius 3 is 2.46 bits per heavy atom. The number of alkyl halides is 1. The maximum atomic E-state index is 17.0. The second-order valence-corrected chi connectivity index (χ2v) is 19.9. The van der Waals surface area contributed by atoms with Crippen molar-refractivity contribution in [3.63, 3.8) is 0 Å². The number of thiazole rings is 1. The molecule has 0 unspecified atom stereocenters. The molecule has 2 bridgehead atoms. The number of pyridine rings is 1. The van der Waals surface area contributed by atoms with E-state index in [1.807, 2.05) is 32.8 Å². The molecule has 0 aromatic carbocycles. The molecule has 3 saturated heterocycles. The Morgan fingerprint density at radius 1 is 1.10 bits per heavy atom. The first kappa shape index (κ1) is 54.7. The first-order valence-corrected chi connectivity index (χ1v) is 24.1. The van der Waals surface area contributed by atoms with Crippen LogP contribution in [-0.4, -0.2) is 153 Å². The number of nitrogens with zero attached hydrogens (tertiary/aromatic N) is 5. The van der Waals surface area contributed by atoms with E-state index in [0.29, 0.717) is 34.3 Å². The van der Waals surface area contributed by atoms with E-state index in [4.69, 9.17) is 34.3 Å². The zero-order chi connectivity index (χ0) is 50.5. The minimum absolute atomic E-state index is 0.0235. The summed E-state index contributed by atoms with van der Waals surface area (Å²) in [7, 11) is 3.62. The highest BCUT2D eigenvalue weighted by Gasteiger charge is 2.57. The number of hydrogen-bond donors (Lipinski definition) is 4. The minimum Gasteiger partial charge on any atom is -0.457 e. The van der Waals surface area contributed by atoms with Gasteiger partial charge in [-0.2, -0.15) is 0 Å². The molecule has 2 amide bonds. The molecule has 378 valence electrons. The van der Waals surface area contributed by atoms with Crippen molar-refractivity contribution in [3.05, 3.63) is 29.3 Å². The third-order valence-electron chi connectivity index (χ3n) is 13.0. The Morgan fingerprint density at radius 2 is 1.81 bits per heavy atom. The van der Waals surface area contributed by atoms with Crippen LogP contribution >= 0.6 is 11.3 Å². The summed E-state index contributed by atoms with van der Waals surface area (Å²) in [6.07, 6.45) is -6.67. The highest BCUT2D eigenvalue weighted by atomic mass is 32.1. The van der Waals surface area contributed by atoms with Crippen LogP contribution in [0, 0.1) is 17.8 Å². The van der Waals surface area contributed by atoms with Crippen molar-refractivity contribution < 1.29 is 62.3 Å². The van der Waals surface area contributed by atoms with Crippen molar-refractivity contribution in [2.45, 2.75) is 167 Å². The van der Waals surface area contributed by atoms with Gasteiger partial charge in [0.2, 0.25) is 11.8 Å². The molecular formula is C47H70FN7O12S. The van der Waals surface area contributed by atoms with Gasteiger partial charge >= 0.3 is 5.97 Å². The van der Waals surface area contributed by atoms with Gasteiger partial charge in [0.05, 0.1) is 48.9 Å². The van der Waals surface area contributed by atoms with Gasteiger partial charge < -0.3 is 54.7 Å². The van der Waals surface area contributed by atoms with E-state index in [0.717, 1.165) is 6.92 Å². The number of rotatable bonds is 11. The van der Waals surface area contributed by atoms with Gasteiger partial charge in [-0.1, -0.05) is 45.8 Å². The molecular weight excluding hydrogens is 906 g/mol. The van der Waals surface area contributed by atoms with Gasteiger partial charge in [0.15, 0.2) is 18.7 Å². The molecule has 0 spiro atoms. The van der Waals surface area contributed by atoms with Gasteiger partial charge in [-0.15, -0.1) is 11.3 Å². The van der Waals surface area contributed by atoms with Crippen LogP contribution in [0.5, 0.6) is 0 Å². The van der Waals surface area contributed by atoms with Gasteiger partial charge in [-0.3, -0.25) is 14.4 Å². The van der Waals surface area contributed by atoms with Crippen LogP contribution in [0.4, 0.5) is 10.2 Å². The van der Waals surface area contributed by atoms with Crippen LogP contribution < -0.4 is 11.1 Å². The molecule has 5 rings (SSSR count). The van der Waals surface area contributed by atoms with Crippen LogP contribution in [0.3, 0.4) is 0 Å². The number of aliphatic hydroxyl groups excluding tert-OH is 1. The summed E-state index contributed by atoms with van der Waals surface area (Å²) in [4.78, 5) is 75.4. The number of carbonyl (C=O) groups excluding carboxylic acids is 4. The fraction of sp³-hybridized carbons (Fsp3) is 0.702. The first-order chi connectivity index (χ1) is 31.8. The van der Waals surface area contributed by atoms with E-state index in [-0.39, 0.29) is 44.8 Å². The van der Waals surface area contributed by atoms with E-state index in [2.05, 4.69) is 25.4 Å². The number of cyclic esters (lactones) is 1. The smallest absolute Gasteiger partial charge is 0.351 e. The number of esters is 1. The molecule has 19 nitrogen and oxygen atoms in total. The first-order valence-electron chi connectivity index (χ1n) is 23.2. The number of anilines is 1. The molecule has 0 saturated carbocycles. The summed E-state index contributed by atoms with van der Waals surface area (Å²) >= 11 is 1.29. The number of nitrogens with two attached hydrogens (primary N) is 1. The quantitative estimate of drug-likeness (QED) is 0.138. The van der Waals surface area contributed by atoms with E-state index < -0.39 is 107 Å². The molecule has 3 fully saturated rings. The number of Topliss-reactive ketones (excluding diaryl/α,β-unsaturated/α-hetero) is 1. The number of ether oxygens (including phenoxy) is 5. The largest absolute Gasteiger partial charge is 0.457 e. The molecule has 2 aromatic rings. The Hall–Kier alpha value is -4.19. The number of aliphatic imine (C=N–C) groups is 1. The lowest BCUT2D eigenvalue weighted by Gasteiger charge is -2.47. The number of ketones is 1. The number of oxime groups is 1. The van der Waals surface area contributed by atoms with E-state index in [1.165, 1.54) is 25.2 Å². The van der Waals surface area contributed by atoms with Crippen molar-refractivity contribution in [2.75, 3.05) is 32.6 Å². The predicted octanol–water partition coefficient (Wildman–Crippen LogP) is 4.41. The van der Waals surface area contributed by atoms with Crippen LogP contribution in [0.25, 0.3) is 10.7 Å². The van der Waals surface area contributed by atoms with Gasteiger partial charge in [-0.05, 0) is 86.0 Å². The third-order valence-corrected chi connectivity index (χ3v) is 13.9. The second-order valence-electron chi connectivity index (χ2n) is 19.1. The van der Waals surface area contributed by atoms with Crippen LogP contribution in [-0.2, 0) is 54.3 Å². The summed E-state index contributed by atoms with van der Waals surface area (Å²) in [6, 6.07) is 3.95. The Labute approximate surface area is 401 Å². The summed E-state index contributed by atoms with van der Waals surface area (Å²) in [5.41, 5.74) is 0.232. The number of carbonyl (C=O) groups is 4. The number of likely N-dealkylation sites (N-methyl/N-ethyl adjacent to an activating group) is 1. The average Bonchev–Trinajstić information content (AvgIpc) is 3.76. The Kier molecular flexibility index (Phi) is 18.3. The van der Waals surface area contributed by atoms with Crippen LogP contribution in [0.15, 0.2) is 33.7 Å². The monoisotopic (exact) mass is 975 g/mol. The third kappa shape index (κ3) is 12.6. The van der Waals surface area contributed by atoms with E-state index >= 15 is 4.39 Å². The molecule has 68 heavy (non-hydrogen) atoms. The van der Waals surface area contributed by atoms with Gasteiger partial charge in [0.1, 0.15) is 40.0 Å². The number of hydrogen-bond acceptors (Lipinski definition) is 18. The number of aromatic nitrogens is 2. The van der Waals surface area contributed by atoms with E-state index in [9.17, 15) is 29.4 Å². The highest BCUT2D eigenvalue weighted by Crippen LogP contribution is 2.41. The Balaban J connectivity index is 1.62. The topological polar surface area (TPSA) is 256 Å². The van der Waals surface area contributed by atoms with Crippen molar-refractivity contribution >= 4 is 52.1 Å². The number of halogens is 1. The summed E-state index contributed by atoms with van der Waals surface area (Å²) in [5.74, 6) is -6.25. The summed E-state index contributed by atoms with van der Waals surface area (Å²) < 4.78 is 49.0. The average molecular weight is 976 g/mol. The minimum atomic E-state index is -3.25. The van der Waals surface area contributed by atoms with Crippen LogP contribution in [0.2, 0.25) is 0 Å². The molecule has 2 aromatic heterocycles. The molecule has 0 aliphatic carbocycles. The zero-order valence-corrected chi connectivity index (χ0v) is 42.0. The zero-order valence-electron chi connectivity index (χ0n) is 41.2. The molecule has 21 heteroatoms.